The number of hydrogen-bond acceptors (Lipinski definition) is 7. The number of nitrogens with two attached hydrogens (primary N) is 1. The predicted octanol–water partition coefficient (Wildman–Crippen LogP) is 3.74. The lowest BCUT2D eigenvalue weighted by Gasteiger charge is -2.10. The lowest BCUT2D eigenvalue weighted by atomic mass is 10.2. The normalized spacial score (nSPS) is 11.2. The van der Waals surface area contributed by atoms with Gasteiger partial charge in [0.15, 0.2) is 11.4 Å². The van der Waals surface area contributed by atoms with E-state index in [1.807, 2.05) is 54.1 Å². The molecule has 0 unspecified atom stereocenters. The third-order valence-corrected chi connectivity index (χ3v) is 5.48. The molecular formula is C24H23N7O3. The fourth-order valence-electron chi connectivity index (χ4n) is 3.74. The molecule has 0 aliphatic carbocycles. The van der Waals surface area contributed by atoms with E-state index in [4.69, 9.17) is 15.0 Å². The summed E-state index contributed by atoms with van der Waals surface area (Å²) in [6, 6.07) is 14.7. The Bertz CT molecular complexity index is 1460. The minimum Gasteiger partial charge on any atom is -0.380 e. The molecule has 0 saturated carbocycles. The van der Waals surface area contributed by atoms with Crippen LogP contribution in [0.5, 0.6) is 0 Å². The third-order valence-electron chi connectivity index (χ3n) is 5.48. The van der Waals surface area contributed by atoms with Crippen molar-refractivity contribution in [3.05, 3.63) is 78.1 Å². The number of imidazole rings is 1. The van der Waals surface area contributed by atoms with Gasteiger partial charge in [-0.3, -0.25) is 4.79 Å². The standard InChI is InChI=1S/C24H23N7O3/c1-3-15-12-20(31(28-15)18-8-9-21-19(13-18)23(25)29-34-21)24(32)27-16-4-6-17(7-5-16)30-11-10-26-22(30)14-33-2/h4-13H,3,14H2,1-2H3,(H2,25,29)(H,27,32). The molecule has 10 nitrogen and oxygen atoms in total. The van der Waals surface area contributed by atoms with E-state index < -0.39 is 0 Å². The molecule has 172 valence electrons. The number of amides is 1. The van der Waals surface area contributed by atoms with Crippen molar-refractivity contribution in [3.8, 4) is 11.4 Å². The van der Waals surface area contributed by atoms with E-state index in [9.17, 15) is 4.79 Å². The van der Waals surface area contributed by atoms with Crippen molar-refractivity contribution < 1.29 is 14.1 Å². The van der Waals surface area contributed by atoms with Crippen molar-refractivity contribution in [2.75, 3.05) is 18.2 Å². The molecule has 0 aliphatic heterocycles. The lowest BCUT2D eigenvalue weighted by Crippen LogP contribution is -2.17. The number of aryl methyl sites for hydroxylation is 1. The van der Waals surface area contributed by atoms with Crippen LogP contribution in [0.25, 0.3) is 22.3 Å². The van der Waals surface area contributed by atoms with Gasteiger partial charge in [0.05, 0.1) is 16.8 Å². The van der Waals surface area contributed by atoms with Gasteiger partial charge in [-0.15, -0.1) is 0 Å². The van der Waals surface area contributed by atoms with Gasteiger partial charge in [-0.25, -0.2) is 9.67 Å². The van der Waals surface area contributed by atoms with E-state index in [1.54, 1.807) is 30.1 Å². The Morgan fingerprint density at radius 1 is 1.15 bits per heavy atom. The van der Waals surface area contributed by atoms with Crippen molar-refractivity contribution >= 4 is 28.4 Å². The first-order valence-electron chi connectivity index (χ1n) is 10.7. The van der Waals surface area contributed by atoms with E-state index in [0.29, 0.717) is 41.1 Å². The van der Waals surface area contributed by atoms with E-state index in [0.717, 1.165) is 17.2 Å². The number of fused-ring (bicyclic) bond motifs is 1. The summed E-state index contributed by atoms with van der Waals surface area (Å²) in [5.74, 6) is 0.805. The molecule has 0 spiro atoms. The zero-order valence-corrected chi connectivity index (χ0v) is 18.7. The summed E-state index contributed by atoms with van der Waals surface area (Å²) in [6.07, 6.45) is 4.28. The van der Waals surface area contributed by atoms with Crippen LogP contribution in [0.3, 0.4) is 0 Å². The van der Waals surface area contributed by atoms with Crippen molar-refractivity contribution in [3.63, 3.8) is 0 Å². The van der Waals surface area contributed by atoms with Crippen molar-refractivity contribution in [1.29, 1.82) is 0 Å². The predicted molar refractivity (Wildman–Crippen MR) is 127 cm³/mol. The number of methoxy groups -OCH3 is 1. The third kappa shape index (κ3) is 3.90. The second kappa shape index (κ2) is 8.83. The molecule has 0 fully saturated rings. The van der Waals surface area contributed by atoms with Gasteiger partial charge in [-0.05, 0) is 55.0 Å². The van der Waals surface area contributed by atoms with Crippen LogP contribution in [-0.4, -0.2) is 37.5 Å². The molecule has 3 heterocycles. The topological polar surface area (TPSA) is 126 Å². The Morgan fingerprint density at radius 3 is 2.71 bits per heavy atom. The minimum atomic E-state index is -0.277. The molecule has 0 aliphatic rings. The summed E-state index contributed by atoms with van der Waals surface area (Å²) >= 11 is 0. The van der Waals surface area contributed by atoms with Gasteiger partial charge < -0.3 is 24.9 Å². The number of nitrogen functional groups attached to an aromatic ring is 1. The van der Waals surface area contributed by atoms with Gasteiger partial charge in [0.2, 0.25) is 0 Å². The largest absolute Gasteiger partial charge is 0.380 e. The highest BCUT2D eigenvalue weighted by Crippen LogP contribution is 2.25. The quantitative estimate of drug-likeness (QED) is 0.381. The lowest BCUT2D eigenvalue weighted by molar-refractivity contribution is 0.101. The van der Waals surface area contributed by atoms with E-state index in [2.05, 4.69) is 20.6 Å². The molecule has 0 saturated heterocycles. The number of ether oxygens (including phenoxy) is 1. The van der Waals surface area contributed by atoms with Crippen LogP contribution in [0.2, 0.25) is 0 Å². The first kappa shape index (κ1) is 21.4. The Hall–Kier alpha value is -4.44. The maximum absolute atomic E-state index is 13.2. The molecule has 3 N–H and O–H groups in total. The highest BCUT2D eigenvalue weighted by atomic mass is 16.5. The first-order valence-corrected chi connectivity index (χ1v) is 10.7. The molecule has 1 amide bonds. The van der Waals surface area contributed by atoms with Crippen molar-refractivity contribution in [2.45, 2.75) is 20.0 Å². The number of rotatable bonds is 7. The second-order valence-corrected chi connectivity index (χ2v) is 7.68. The summed E-state index contributed by atoms with van der Waals surface area (Å²) in [7, 11) is 1.63. The number of anilines is 2. The monoisotopic (exact) mass is 457 g/mol. The molecule has 5 aromatic rings. The zero-order valence-electron chi connectivity index (χ0n) is 18.7. The van der Waals surface area contributed by atoms with Crippen LogP contribution in [0.1, 0.15) is 28.9 Å². The van der Waals surface area contributed by atoms with Crippen LogP contribution in [-0.2, 0) is 17.8 Å². The van der Waals surface area contributed by atoms with Crippen LogP contribution < -0.4 is 11.1 Å². The number of carbonyl (C=O) groups is 1. The maximum atomic E-state index is 13.2. The van der Waals surface area contributed by atoms with Gasteiger partial charge in [-0.2, -0.15) is 5.10 Å². The van der Waals surface area contributed by atoms with Crippen LogP contribution >= 0.6 is 0 Å². The van der Waals surface area contributed by atoms with Gasteiger partial charge in [-0.1, -0.05) is 12.1 Å². The van der Waals surface area contributed by atoms with Gasteiger partial charge >= 0.3 is 0 Å². The highest BCUT2D eigenvalue weighted by Gasteiger charge is 2.18. The zero-order chi connectivity index (χ0) is 23.7. The number of nitrogens with zero attached hydrogens (tertiary/aromatic N) is 5. The fraction of sp³-hybridized carbons (Fsp3) is 0.167. The molecular weight excluding hydrogens is 434 g/mol. The molecule has 10 heteroatoms. The maximum Gasteiger partial charge on any atom is 0.274 e. The number of benzene rings is 2. The smallest absolute Gasteiger partial charge is 0.274 e. The number of nitrogens with one attached hydrogen (secondary N) is 1. The van der Waals surface area contributed by atoms with Crippen molar-refractivity contribution in [1.82, 2.24) is 24.5 Å². The average Bonchev–Trinajstić information content (AvgIpc) is 3.58. The molecule has 0 radical (unpaired) electrons. The van der Waals surface area contributed by atoms with Crippen LogP contribution in [0, 0.1) is 0 Å². The molecule has 3 aromatic heterocycles. The number of aromatic nitrogens is 5. The summed E-state index contributed by atoms with van der Waals surface area (Å²) in [5, 5.41) is 12.0. The summed E-state index contributed by atoms with van der Waals surface area (Å²) < 4.78 is 13.9. The Labute approximate surface area is 194 Å². The molecule has 5 rings (SSSR count). The number of hydrogen-bond donors (Lipinski definition) is 2. The second-order valence-electron chi connectivity index (χ2n) is 7.68. The average molecular weight is 457 g/mol. The Balaban J connectivity index is 1.42. The van der Waals surface area contributed by atoms with Crippen molar-refractivity contribution in [2.24, 2.45) is 0 Å². The fourth-order valence-corrected chi connectivity index (χ4v) is 3.74. The van der Waals surface area contributed by atoms with E-state index >= 15 is 0 Å². The van der Waals surface area contributed by atoms with Crippen LogP contribution in [0.15, 0.2) is 65.4 Å². The first-order chi connectivity index (χ1) is 16.6. The summed E-state index contributed by atoms with van der Waals surface area (Å²) in [6.45, 7) is 2.39. The molecule has 0 atom stereocenters. The van der Waals surface area contributed by atoms with Gasteiger partial charge in [0.25, 0.3) is 5.91 Å². The Morgan fingerprint density at radius 2 is 1.94 bits per heavy atom. The highest BCUT2D eigenvalue weighted by molar-refractivity contribution is 6.03. The Kier molecular flexibility index (Phi) is 5.56. The summed E-state index contributed by atoms with van der Waals surface area (Å²) in [5.41, 5.74) is 9.94. The summed E-state index contributed by atoms with van der Waals surface area (Å²) in [4.78, 5) is 17.5. The van der Waals surface area contributed by atoms with Crippen LogP contribution in [0.4, 0.5) is 11.5 Å². The number of carbonyl (C=O) groups excluding carboxylic acids is 1. The molecule has 0 bridgehead atoms. The van der Waals surface area contributed by atoms with E-state index in [-0.39, 0.29) is 11.7 Å². The SMILES string of the molecule is CCc1cc(C(=O)Nc2ccc(-n3ccnc3COC)cc2)n(-c2ccc3onc(N)c3c2)n1. The van der Waals surface area contributed by atoms with E-state index in [1.165, 1.54) is 0 Å². The molecule has 2 aromatic carbocycles. The van der Waals surface area contributed by atoms with Gasteiger partial charge in [0, 0.05) is 30.9 Å². The van der Waals surface area contributed by atoms with Gasteiger partial charge in [0.1, 0.15) is 18.1 Å². The minimum absolute atomic E-state index is 0.277. The molecule has 34 heavy (non-hydrogen) atoms.